The molecule has 3 heteroatoms. The van der Waals surface area contributed by atoms with E-state index in [-0.39, 0.29) is 5.75 Å². The molecular weight excluding hydrogens is 164 g/mol. The van der Waals surface area contributed by atoms with E-state index < -0.39 is 0 Å². The van der Waals surface area contributed by atoms with Crippen molar-refractivity contribution in [3.05, 3.63) is 22.7 Å². The lowest BCUT2D eigenvalue weighted by molar-refractivity contribution is 0.371. The van der Waals surface area contributed by atoms with Gasteiger partial charge in [0.15, 0.2) is 11.5 Å². The Balaban J connectivity index is 3.29. The van der Waals surface area contributed by atoms with Gasteiger partial charge in [0.05, 0.1) is 12.1 Å². The van der Waals surface area contributed by atoms with Crippen molar-refractivity contribution in [1.29, 1.82) is 0 Å². The van der Waals surface area contributed by atoms with Gasteiger partial charge in [-0.15, -0.1) is 0 Å². The molecule has 1 rings (SSSR count). The Morgan fingerprint density at radius 1 is 1.45 bits per heavy atom. The predicted octanol–water partition coefficient (Wildman–Crippen LogP) is 2.36. The van der Waals surface area contributed by atoms with E-state index >= 15 is 0 Å². The Kier molecular flexibility index (Phi) is 2.25. The fourth-order valence-corrected chi connectivity index (χ4v) is 1.05. The van der Waals surface area contributed by atoms with Gasteiger partial charge in [-0.2, -0.15) is 0 Å². The highest BCUT2D eigenvalue weighted by Gasteiger charge is 2.07. The smallest absolute Gasteiger partial charge is 0.177 e. The Morgan fingerprint density at radius 2 is 2.09 bits per heavy atom. The average molecular weight is 173 g/mol. The molecule has 0 radical (unpaired) electrons. The minimum absolute atomic E-state index is 0.00849. The number of phenols is 1. The molecule has 0 amide bonds. The van der Waals surface area contributed by atoms with Crippen LogP contribution in [0.5, 0.6) is 11.5 Å². The van der Waals surface area contributed by atoms with Crippen molar-refractivity contribution in [1.82, 2.24) is 0 Å². The van der Waals surface area contributed by atoms with Crippen LogP contribution in [0.15, 0.2) is 12.1 Å². The number of halogens is 1. The van der Waals surface area contributed by atoms with Gasteiger partial charge in [0, 0.05) is 0 Å². The average Bonchev–Trinajstić information content (AvgIpc) is 1.99. The number of benzene rings is 1. The van der Waals surface area contributed by atoms with E-state index in [2.05, 4.69) is 0 Å². The first-order valence-electron chi connectivity index (χ1n) is 3.19. The lowest BCUT2D eigenvalue weighted by Crippen LogP contribution is -1.87. The van der Waals surface area contributed by atoms with Crippen molar-refractivity contribution in [2.24, 2.45) is 0 Å². The predicted molar refractivity (Wildman–Crippen MR) is 44.4 cm³/mol. The van der Waals surface area contributed by atoms with Crippen LogP contribution in [0.3, 0.4) is 0 Å². The van der Waals surface area contributed by atoms with Crippen molar-refractivity contribution in [3.63, 3.8) is 0 Å². The molecule has 0 unspecified atom stereocenters. The summed E-state index contributed by atoms with van der Waals surface area (Å²) in [7, 11) is 1.50. The first-order chi connectivity index (χ1) is 5.16. The minimum Gasteiger partial charge on any atom is -0.503 e. The summed E-state index contributed by atoms with van der Waals surface area (Å²) < 4.78 is 4.92. The number of hydrogen-bond donors (Lipinski definition) is 1. The number of aromatic hydroxyl groups is 1. The summed E-state index contributed by atoms with van der Waals surface area (Å²) >= 11 is 5.63. The molecule has 0 heterocycles. The first-order valence-corrected chi connectivity index (χ1v) is 3.56. The van der Waals surface area contributed by atoms with Gasteiger partial charge in [0.1, 0.15) is 0 Å². The largest absolute Gasteiger partial charge is 0.503 e. The maximum Gasteiger partial charge on any atom is 0.177 e. The summed E-state index contributed by atoms with van der Waals surface area (Å²) in [5, 5.41) is 9.63. The molecule has 1 N–H and O–H groups in total. The quantitative estimate of drug-likeness (QED) is 0.705. The summed E-state index contributed by atoms with van der Waals surface area (Å²) in [5.41, 5.74) is 0.870. The normalized spacial score (nSPS) is 9.73. The van der Waals surface area contributed by atoms with Crippen LogP contribution >= 0.6 is 11.6 Å². The molecule has 1 aromatic rings. The van der Waals surface area contributed by atoms with Crippen LogP contribution in [-0.2, 0) is 0 Å². The highest BCUT2D eigenvalue weighted by atomic mass is 35.5. The first kappa shape index (κ1) is 8.21. The second-order valence-electron chi connectivity index (χ2n) is 2.25. The van der Waals surface area contributed by atoms with E-state index in [1.54, 1.807) is 12.1 Å². The lowest BCUT2D eigenvalue weighted by atomic mass is 10.2. The van der Waals surface area contributed by atoms with Crippen LogP contribution < -0.4 is 4.74 Å². The second-order valence-corrected chi connectivity index (χ2v) is 2.65. The van der Waals surface area contributed by atoms with Gasteiger partial charge in [-0.05, 0) is 18.6 Å². The molecular formula is C8H9ClO2. The van der Waals surface area contributed by atoms with Crippen LogP contribution in [0.1, 0.15) is 5.56 Å². The minimum atomic E-state index is 0.00849. The molecule has 0 aliphatic carbocycles. The number of ether oxygens (including phenoxy) is 1. The molecule has 0 spiro atoms. The molecule has 0 fully saturated rings. The molecule has 0 aromatic heterocycles. The van der Waals surface area contributed by atoms with E-state index in [0.29, 0.717) is 10.8 Å². The summed E-state index contributed by atoms with van der Waals surface area (Å²) in [6.07, 6.45) is 0. The molecule has 0 bridgehead atoms. The van der Waals surface area contributed by atoms with E-state index in [9.17, 15) is 5.11 Å². The van der Waals surface area contributed by atoms with Gasteiger partial charge in [0.25, 0.3) is 0 Å². The number of phenolic OH excluding ortho intramolecular Hbond substituents is 1. The van der Waals surface area contributed by atoms with Crippen LogP contribution in [0.4, 0.5) is 0 Å². The van der Waals surface area contributed by atoms with Gasteiger partial charge in [-0.25, -0.2) is 0 Å². The van der Waals surface area contributed by atoms with Crippen LogP contribution in [0.2, 0.25) is 5.02 Å². The van der Waals surface area contributed by atoms with E-state index in [1.165, 1.54) is 7.11 Å². The van der Waals surface area contributed by atoms with E-state index in [1.807, 2.05) is 6.92 Å². The molecule has 2 nitrogen and oxygen atoms in total. The maximum atomic E-state index is 9.32. The van der Waals surface area contributed by atoms with Crippen molar-refractivity contribution in [2.45, 2.75) is 6.92 Å². The van der Waals surface area contributed by atoms with Crippen molar-refractivity contribution in [3.8, 4) is 11.5 Å². The monoisotopic (exact) mass is 172 g/mol. The third-order valence-corrected chi connectivity index (χ3v) is 1.79. The molecule has 0 saturated carbocycles. The third kappa shape index (κ3) is 1.40. The molecule has 0 atom stereocenters. The Labute approximate surface area is 70.4 Å². The summed E-state index contributed by atoms with van der Waals surface area (Å²) in [4.78, 5) is 0. The Morgan fingerprint density at radius 3 is 2.55 bits per heavy atom. The highest BCUT2D eigenvalue weighted by molar-refractivity contribution is 6.32. The zero-order valence-corrected chi connectivity index (χ0v) is 7.14. The fraction of sp³-hybridized carbons (Fsp3) is 0.250. The van der Waals surface area contributed by atoms with Crippen LogP contribution in [0, 0.1) is 6.92 Å². The SMILES string of the molecule is COc1c(C)ccc(Cl)c1O. The zero-order valence-electron chi connectivity index (χ0n) is 6.39. The second kappa shape index (κ2) is 3.01. The van der Waals surface area contributed by atoms with E-state index in [0.717, 1.165) is 5.56 Å². The van der Waals surface area contributed by atoms with Crippen LogP contribution in [0.25, 0.3) is 0 Å². The standard InChI is InChI=1S/C8H9ClO2/c1-5-3-4-6(9)7(10)8(5)11-2/h3-4,10H,1-2H3. The molecule has 0 aliphatic heterocycles. The van der Waals surface area contributed by atoms with Gasteiger partial charge in [0.2, 0.25) is 0 Å². The van der Waals surface area contributed by atoms with Crippen molar-refractivity contribution < 1.29 is 9.84 Å². The topological polar surface area (TPSA) is 29.5 Å². The van der Waals surface area contributed by atoms with Gasteiger partial charge >= 0.3 is 0 Å². The van der Waals surface area contributed by atoms with Crippen molar-refractivity contribution >= 4 is 11.6 Å². The van der Waals surface area contributed by atoms with Crippen molar-refractivity contribution in [2.75, 3.05) is 7.11 Å². The molecule has 60 valence electrons. The Bertz CT molecular complexity index is 271. The zero-order chi connectivity index (χ0) is 8.43. The van der Waals surface area contributed by atoms with Gasteiger partial charge in [-0.1, -0.05) is 17.7 Å². The van der Waals surface area contributed by atoms with Gasteiger partial charge < -0.3 is 9.84 Å². The number of rotatable bonds is 1. The summed E-state index contributed by atoms with van der Waals surface area (Å²) in [6.45, 7) is 1.84. The van der Waals surface area contributed by atoms with Crippen LogP contribution in [-0.4, -0.2) is 12.2 Å². The lowest BCUT2D eigenvalue weighted by Gasteiger charge is -2.06. The fourth-order valence-electron chi connectivity index (χ4n) is 0.906. The maximum absolute atomic E-state index is 9.32. The Hall–Kier alpha value is -0.890. The molecule has 11 heavy (non-hydrogen) atoms. The number of aryl methyl sites for hydroxylation is 1. The number of methoxy groups -OCH3 is 1. The van der Waals surface area contributed by atoms with E-state index in [4.69, 9.17) is 16.3 Å². The molecule has 0 saturated heterocycles. The number of hydrogen-bond acceptors (Lipinski definition) is 2. The molecule has 0 aliphatic rings. The van der Waals surface area contributed by atoms with Gasteiger partial charge in [-0.3, -0.25) is 0 Å². The molecule has 1 aromatic carbocycles. The summed E-state index contributed by atoms with van der Waals surface area (Å²) in [6, 6.07) is 3.43. The third-order valence-electron chi connectivity index (χ3n) is 1.48. The summed E-state index contributed by atoms with van der Waals surface area (Å²) in [5.74, 6) is 0.451. The highest BCUT2D eigenvalue weighted by Crippen LogP contribution is 2.35.